The molecule has 2 heterocycles. The van der Waals surface area contributed by atoms with E-state index >= 15 is 0 Å². The van der Waals surface area contributed by atoms with Crippen LogP contribution in [0, 0.1) is 0 Å². The lowest BCUT2D eigenvalue weighted by molar-refractivity contribution is -0.139. The van der Waals surface area contributed by atoms with Crippen molar-refractivity contribution >= 4 is 55.2 Å². The largest absolute Gasteiger partial charge is 0.493 e. The van der Waals surface area contributed by atoms with Crippen LogP contribution >= 0.6 is 43.2 Å². The van der Waals surface area contributed by atoms with Crippen LogP contribution in [0.5, 0.6) is 23.0 Å². The number of hydrogen-bond acceptors (Lipinski definition) is 9. The van der Waals surface area contributed by atoms with E-state index in [0.29, 0.717) is 60.2 Å². The molecule has 4 aromatic rings. The first-order valence-corrected chi connectivity index (χ1v) is 17.2. The Morgan fingerprint density at radius 3 is 2.40 bits per heavy atom. The summed E-state index contributed by atoms with van der Waals surface area (Å²) in [5.41, 5.74) is 2.81. The van der Waals surface area contributed by atoms with Crippen molar-refractivity contribution in [3.05, 3.63) is 111 Å². The number of aromatic nitrogens is 1. The summed E-state index contributed by atoms with van der Waals surface area (Å²) in [4.78, 5) is 32.6. The maximum absolute atomic E-state index is 14.2. The predicted molar refractivity (Wildman–Crippen MR) is 188 cm³/mol. The molecule has 0 fully saturated rings. The lowest BCUT2D eigenvalue weighted by atomic mass is 9.95. The molecule has 0 aliphatic carbocycles. The lowest BCUT2D eigenvalue weighted by Gasteiger charge is -2.25. The molecule has 47 heavy (non-hydrogen) atoms. The molecule has 0 saturated carbocycles. The quantitative estimate of drug-likeness (QED) is 0.156. The highest BCUT2D eigenvalue weighted by molar-refractivity contribution is 9.10. The number of esters is 1. The van der Waals surface area contributed by atoms with Gasteiger partial charge in [0.05, 0.1) is 53.2 Å². The number of hydrogen-bond donors (Lipinski definition) is 0. The van der Waals surface area contributed by atoms with E-state index in [1.165, 1.54) is 15.9 Å². The van der Waals surface area contributed by atoms with Crippen molar-refractivity contribution in [1.29, 1.82) is 0 Å². The fourth-order valence-corrected chi connectivity index (χ4v) is 7.05. The molecule has 1 aliphatic heterocycles. The van der Waals surface area contributed by atoms with Crippen LogP contribution in [0.1, 0.15) is 50.4 Å². The van der Waals surface area contributed by atoms with Gasteiger partial charge in [-0.3, -0.25) is 9.36 Å². The number of nitrogens with zero attached hydrogens (tertiary/aromatic N) is 2. The molecule has 1 aliphatic rings. The molecule has 3 aromatic carbocycles. The minimum absolute atomic E-state index is 0.0736. The molecular formula is C35H34Br2N2O7S. The highest BCUT2D eigenvalue weighted by Gasteiger charge is 2.34. The summed E-state index contributed by atoms with van der Waals surface area (Å²) in [6, 6.07) is 16.1. The molecule has 0 amide bonds. The third-order valence-electron chi connectivity index (χ3n) is 7.23. The van der Waals surface area contributed by atoms with Crippen LogP contribution in [0.4, 0.5) is 0 Å². The minimum Gasteiger partial charge on any atom is -0.493 e. The molecule has 0 unspecified atom stereocenters. The van der Waals surface area contributed by atoms with Crippen LogP contribution in [0.2, 0.25) is 0 Å². The number of rotatable bonds is 11. The van der Waals surface area contributed by atoms with E-state index in [1.54, 1.807) is 46.3 Å². The van der Waals surface area contributed by atoms with E-state index in [9.17, 15) is 9.59 Å². The predicted octanol–water partition coefficient (Wildman–Crippen LogP) is 6.71. The number of carbonyl (C=O) groups excluding carboxylic acids is 1. The number of halogens is 2. The summed E-state index contributed by atoms with van der Waals surface area (Å²) in [5.74, 6) is 1.55. The second kappa shape index (κ2) is 14.9. The zero-order chi connectivity index (χ0) is 33.8. The Kier molecular flexibility index (Phi) is 10.9. The Morgan fingerprint density at radius 2 is 1.74 bits per heavy atom. The SMILES string of the molecule is CCOC(=O)C1=C(C)N=c2s/c(=C\c3cc(Br)c(OCc4ccc(Br)cc4)c(OC)c3)c(=O)n2[C@H]1c1ccc(OC(C)C)c(OC)c1. The van der Waals surface area contributed by atoms with Crippen molar-refractivity contribution in [2.24, 2.45) is 4.99 Å². The average Bonchev–Trinajstić information content (AvgIpc) is 3.34. The molecule has 5 rings (SSSR count). The first kappa shape index (κ1) is 34.5. The standard InChI is InChI=1S/C35H34Br2N2O7S/c1-7-44-34(41)30-20(4)38-35-39(31(30)23-10-13-26(46-19(2)3)27(17-23)42-5)33(40)29(47-35)16-22-14-25(37)32(28(15-22)43-6)45-18-21-8-11-24(36)12-9-21/h8-17,19,31H,7,18H2,1-6H3/b29-16-/t31-/m0/s1. The molecule has 0 bridgehead atoms. The Morgan fingerprint density at radius 1 is 1.02 bits per heavy atom. The van der Waals surface area contributed by atoms with Crippen molar-refractivity contribution in [2.45, 2.75) is 46.4 Å². The molecule has 0 radical (unpaired) electrons. The van der Waals surface area contributed by atoms with Crippen LogP contribution in [0.15, 0.2) is 84.6 Å². The van der Waals surface area contributed by atoms with Crippen molar-refractivity contribution in [2.75, 3.05) is 20.8 Å². The van der Waals surface area contributed by atoms with Gasteiger partial charge >= 0.3 is 5.97 Å². The van der Waals surface area contributed by atoms with E-state index < -0.39 is 12.0 Å². The number of fused-ring (bicyclic) bond motifs is 1. The molecule has 1 atom stereocenters. The molecule has 0 saturated heterocycles. The number of thiazole rings is 1. The summed E-state index contributed by atoms with van der Waals surface area (Å²) < 4.78 is 32.4. The van der Waals surface area contributed by atoms with Crippen LogP contribution < -0.4 is 33.8 Å². The summed E-state index contributed by atoms with van der Waals surface area (Å²) in [5, 5.41) is 0. The third kappa shape index (κ3) is 7.50. The van der Waals surface area contributed by atoms with Crippen LogP contribution in [0.25, 0.3) is 6.08 Å². The van der Waals surface area contributed by atoms with Crippen molar-refractivity contribution < 1.29 is 28.5 Å². The maximum Gasteiger partial charge on any atom is 0.338 e. The second-order valence-electron chi connectivity index (χ2n) is 10.8. The molecule has 9 nitrogen and oxygen atoms in total. The van der Waals surface area contributed by atoms with Crippen molar-refractivity contribution in [3.8, 4) is 23.0 Å². The first-order chi connectivity index (χ1) is 22.5. The van der Waals surface area contributed by atoms with Gasteiger partial charge in [-0.25, -0.2) is 9.79 Å². The summed E-state index contributed by atoms with van der Waals surface area (Å²) in [6.07, 6.45) is 1.70. The van der Waals surface area contributed by atoms with Gasteiger partial charge in [0.2, 0.25) is 0 Å². The van der Waals surface area contributed by atoms with Gasteiger partial charge in [-0.2, -0.15) is 0 Å². The van der Waals surface area contributed by atoms with Gasteiger partial charge in [-0.05, 0) is 103 Å². The van der Waals surface area contributed by atoms with Crippen LogP contribution in [-0.2, 0) is 16.1 Å². The van der Waals surface area contributed by atoms with Gasteiger partial charge in [0.1, 0.15) is 6.61 Å². The van der Waals surface area contributed by atoms with Crippen LogP contribution in [0.3, 0.4) is 0 Å². The van der Waals surface area contributed by atoms with Gasteiger partial charge in [0, 0.05) is 4.47 Å². The Hall–Kier alpha value is -3.87. The topological polar surface area (TPSA) is 97.6 Å². The third-order valence-corrected chi connectivity index (χ3v) is 9.33. The van der Waals surface area contributed by atoms with Gasteiger partial charge in [0.25, 0.3) is 5.56 Å². The average molecular weight is 787 g/mol. The zero-order valence-electron chi connectivity index (χ0n) is 26.8. The molecule has 1 aromatic heterocycles. The first-order valence-electron chi connectivity index (χ1n) is 14.8. The number of carbonyl (C=O) groups is 1. The zero-order valence-corrected chi connectivity index (χ0v) is 30.7. The fraction of sp³-hybridized carbons (Fsp3) is 0.286. The monoisotopic (exact) mass is 784 g/mol. The van der Waals surface area contributed by atoms with E-state index in [1.807, 2.05) is 56.3 Å². The normalized spacial score (nSPS) is 14.5. The smallest absolute Gasteiger partial charge is 0.338 e. The maximum atomic E-state index is 14.2. The summed E-state index contributed by atoms with van der Waals surface area (Å²) in [6.45, 7) is 7.86. The second-order valence-corrected chi connectivity index (χ2v) is 13.6. The van der Waals surface area contributed by atoms with Gasteiger partial charge in [0.15, 0.2) is 27.8 Å². The number of allylic oxidation sites excluding steroid dienone is 1. The lowest BCUT2D eigenvalue weighted by Crippen LogP contribution is -2.40. The van der Waals surface area contributed by atoms with Crippen molar-refractivity contribution in [1.82, 2.24) is 4.57 Å². The Balaban J connectivity index is 1.59. The van der Waals surface area contributed by atoms with Crippen LogP contribution in [-0.4, -0.2) is 37.5 Å². The Bertz CT molecular complexity index is 2020. The van der Waals surface area contributed by atoms with Gasteiger partial charge < -0.3 is 23.7 Å². The number of ether oxygens (including phenoxy) is 5. The van der Waals surface area contributed by atoms with Crippen molar-refractivity contribution in [3.63, 3.8) is 0 Å². The summed E-state index contributed by atoms with van der Waals surface area (Å²) >= 11 is 8.31. The molecule has 12 heteroatoms. The summed E-state index contributed by atoms with van der Waals surface area (Å²) in [7, 11) is 3.12. The minimum atomic E-state index is -0.801. The number of methoxy groups -OCH3 is 2. The van der Waals surface area contributed by atoms with Gasteiger partial charge in [-0.15, -0.1) is 0 Å². The Labute approximate surface area is 293 Å². The highest BCUT2D eigenvalue weighted by atomic mass is 79.9. The van der Waals surface area contributed by atoms with E-state index in [4.69, 9.17) is 23.7 Å². The van der Waals surface area contributed by atoms with Gasteiger partial charge in [-0.1, -0.05) is 45.5 Å². The van der Waals surface area contributed by atoms with E-state index in [0.717, 1.165) is 10.0 Å². The molecular weight excluding hydrogens is 752 g/mol. The fourth-order valence-electron chi connectivity index (χ4n) is 5.16. The molecule has 246 valence electrons. The number of benzene rings is 3. The van der Waals surface area contributed by atoms with E-state index in [2.05, 4.69) is 36.9 Å². The van der Waals surface area contributed by atoms with E-state index in [-0.39, 0.29) is 23.8 Å². The molecule has 0 N–H and O–H groups in total. The molecule has 0 spiro atoms. The highest BCUT2D eigenvalue weighted by Crippen LogP contribution is 2.38.